The Bertz CT molecular complexity index is 878. The van der Waals surface area contributed by atoms with Gasteiger partial charge in [-0.2, -0.15) is 0 Å². The summed E-state index contributed by atoms with van der Waals surface area (Å²) in [5.41, 5.74) is 3.51. The van der Waals surface area contributed by atoms with Gasteiger partial charge in [-0.3, -0.25) is 4.79 Å². The van der Waals surface area contributed by atoms with E-state index in [0.717, 1.165) is 16.8 Å². The second-order valence-electron chi connectivity index (χ2n) is 5.73. The van der Waals surface area contributed by atoms with Crippen molar-refractivity contribution in [1.29, 1.82) is 0 Å². The van der Waals surface area contributed by atoms with Crippen molar-refractivity contribution >= 4 is 29.0 Å². The second kappa shape index (κ2) is 7.81. The number of carbonyl (C=O) groups excluding carboxylic acids is 1. The maximum atomic E-state index is 12.4. The van der Waals surface area contributed by atoms with Gasteiger partial charge >= 0.3 is 0 Å². The number of pyridine rings is 1. The Morgan fingerprint density at radius 2 is 1.88 bits per heavy atom. The smallest absolute Gasteiger partial charge is 0.255 e. The fraction of sp³-hybridized carbons (Fsp3) is 0.100. The van der Waals surface area contributed by atoms with Crippen LogP contribution in [0, 0.1) is 6.92 Å². The second-order valence-corrected chi connectivity index (χ2v) is 6.17. The highest BCUT2D eigenvalue weighted by Crippen LogP contribution is 2.14. The van der Waals surface area contributed by atoms with E-state index in [-0.39, 0.29) is 5.91 Å². The van der Waals surface area contributed by atoms with E-state index in [2.05, 4.69) is 15.6 Å². The normalized spacial score (nSPS) is 10.3. The first-order chi connectivity index (χ1) is 12.1. The molecule has 0 saturated heterocycles. The zero-order valence-electron chi connectivity index (χ0n) is 13.8. The molecule has 2 N–H and O–H groups in total. The number of nitrogens with zero attached hydrogens (tertiary/aromatic N) is 1. The summed E-state index contributed by atoms with van der Waals surface area (Å²) in [4.78, 5) is 16.7. The number of amides is 1. The third-order valence-corrected chi connectivity index (χ3v) is 3.94. The van der Waals surface area contributed by atoms with E-state index in [1.165, 1.54) is 0 Å². The van der Waals surface area contributed by atoms with Crippen LogP contribution in [0.4, 0.5) is 11.5 Å². The molecular formula is C20H18ClN3O. The number of aryl methyl sites for hydroxylation is 1. The number of hydrogen-bond donors (Lipinski definition) is 2. The van der Waals surface area contributed by atoms with E-state index in [0.29, 0.717) is 22.9 Å². The maximum Gasteiger partial charge on any atom is 0.255 e. The van der Waals surface area contributed by atoms with Gasteiger partial charge in [-0.1, -0.05) is 35.9 Å². The van der Waals surface area contributed by atoms with Crippen LogP contribution in [0.1, 0.15) is 21.5 Å². The number of rotatable bonds is 5. The number of hydrogen-bond acceptors (Lipinski definition) is 3. The van der Waals surface area contributed by atoms with Crippen molar-refractivity contribution < 1.29 is 4.79 Å². The summed E-state index contributed by atoms with van der Waals surface area (Å²) in [5, 5.41) is 6.82. The van der Waals surface area contributed by atoms with Gasteiger partial charge in [0, 0.05) is 29.0 Å². The Morgan fingerprint density at radius 1 is 1.08 bits per heavy atom. The lowest BCUT2D eigenvalue weighted by Gasteiger charge is -2.09. The number of halogens is 1. The van der Waals surface area contributed by atoms with Crippen molar-refractivity contribution in [2.45, 2.75) is 13.5 Å². The average molecular weight is 352 g/mol. The standard InChI is InChI=1S/C20H18ClN3O/c1-14-3-2-4-18(11-14)24-20(25)16-9-10-22-19(12-16)23-13-15-5-7-17(21)8-6-15/h2-12H,13H2,1H3,(H,22,23)(H,24,25). The Labute approximate surface area is 151 Å². The molecule has 4 nitrogen and oxygen atoms in total. The summed E-state index contributed by atoms with van der Waals surface area (Å²) in [5.74, 6) is 0.481. The fourth-order valence-electron chi connectivity index (χ4n) is 2.39. The highest BCUT2D eigenvalue weighted by Gasteiger charge is 2.07. The minimum Gasteiger partial charge on any atom is -0.366 e. The molecule has 0 radical (unpaired) electrons. The van der Waals surface area contributed by atoms with Crippen LogP contribution < -0.4 is 10.6 Å². The summed E-state index contributed by atoms with van der Waals surface area (Å²) in [6.45, 7) is 2.59. The highest BCUT2D eigenvalue weighted by atomic mass is 35.5. The first kappa shape index (κ1) is 17.0. The Balaban J connectivity index is 1.66. The largest absolute Gasteiger partial charge is 0.366 e. The third-order valence-electron chi connectivity index (χ3n) is 3.68. The van der Waals surface area contributed by atoms with Crippen LogP contribution >= 0.6 is 11.6 Å². The zero-order chi connectivity index (χ0) is 17.6. The molecule has 0 spiro atoms. The predicted molar refractivity (Wildman–Crippen MR) is 102 cm³/mol. The molecule has 0 aliphatic rings. The minimum atomic E-state index is -0.164. The lowest BCUT2D eigenvalue weighted by molar-refractivity contribution is 0.102. The van der Waals surface area contributed by atoms with Crippen LogP contribution in [-0.2, 0) is 6.54 Å². The molecule has 1 heterocycles. The monoisotopic (exact) mass is 351 g/mol. The zero-order valence-corrected chi connectivity index (χ0v) is 14.5. The molecule has 3 aromatic rings. The Hall–Kier alpha value is -2.85. The van der Waals surface area contributed by atoms with E-state index in [9.17, 15) is 4.79 Å². The van der Waals surface area contributed by atoms with Crippen molar-refractivity contribution in [3.63, 3.8) is 0 Å². The van der Waals surface area contributed by atoms with Crippen molar-refractivity contribution in [3.8, 4) is 0 Å². The van der Waals surface area contributed by atoms with Gasteiger partial charge in [0.1, 0.15) is 5.82 Å². The summed E-state index contributed by atoms with van der Waals surface area (Å²) >= 11 is 5.88. The lowest BCUT2D eigenvalue weighted by atomic mass is 10.2. The van der Waals surface area contributed by atoms with Gasteiger partial charge in [0.25, 0.3) is 5.91 Å². The lowest BCUT2D eigenvalue weighted by Crippen LogP contribution is -2.13. The molecule has 25 heavy (non-hydrogen) atoms. The summed E-state index contributed by atoms with van der Waals surface area (Å²) < 4.78 is 0. The van der Waals surface area contributed by atoms with Crippen LogP contribution in [0.3, 0.4) is 0 Å². The Morgan fingerprint density at radius 3 is 2.64 bits per heavy atom. The molecule has 0 fully saturated rings. The van der Waals surface area contributed by atoms with Gasteiger partial charge in [-0.15, -0.1) is 0 Å². The van der Waals surface area contributed by atoms with Crippen LogP contribution in [0.5, 0.6) is 0 Å². The molecule has 2 aromatic carbocycles. The van der Waals surface area contributed by atoms with Gasteiger partial charge in [-0.05, 0) is 54.4 Å². The SMILES string of the molecule is Cc1cccc(NC(=O)c2ccnc(NCc3ccc(Cl)cc3)c2)c1. The number of carbonyl (C=O) groups is 1. The molecular weight excluding hydrogens is 334 g/mol. The highest BCUT2D eigenvalue weighted by molar-refractivity contribution is 6.30. The quantitative estimate of drug-likeness (QED) is 0.686. The summed E-state index contributed by atoms with van der Waals surface area (Å²) in [7, 11) is 0. The van der Waals surface area contributed by atoms with Crippen molar-refractivity contribution in [1.82, 2.24) is 4.98 Å². The van der Waals surface area contributed by atoms with E-state index < -0.39 is 0 Å². The minimum absolute atomic E-state index is 0.164. The first-order valence-electron chi connectivity index (χ1n) is 7.92. The van der Waals surface area contributed by atoms with E-state index in [1.54, 1.807) is 18.3 Å². The van der Waals surface area contributed by atoms with Crippen molar-refractivity contribution in [2.75, 3.05) is 10.6 Å². The van der Waals surface area contributed by atoms with E-state index in [4.69, 9.17) is 11.6 Å². The third kappa shape index (κ3) is 4.81. The van der Waals surface area contributed by atoms with Gasteiger partial charge in [0.05, 0.1) is 0 Å². The van der Waals surface area contributed by atoms with Gasteiger partial charge in [0.15, 0.2) is 0 Å². The molecule has 0 atom stereocenters. The van der Waals surface area contributed by atoms with Crippen LogP contribution in [0.25, 0.3) is 0 Å². The Kier molecular flexibility index (Phi) is 5.31. The molecule has 0 saturated carbocycles. The van der Waals surface area contributed by atoms with Gasteiger partial charge < -0.3 is 10.6 Å². The molecule has 1 aromatic heterocycles. The molecule has 0 aliphatic carbocycles. The van der Waals surface area contributed by atoms with Crippen molar-refractivity contribution in [2.24, 2.45) is 0 Å². The van der Waals surface area contributed by atoms with Crippen LogP contribution in [0.2, 0.25) is 5.02 Å². The van der Waals surface area contributed by atoms with E-state index >= 15 is 0 Å². The van der Waals surface area contributed by atoms with Crippen molar-refractivity contribution in [3.05, 3.63) is 88.6 Å². The molecule has 0 bridgehead atoms. The maximum absolute atomic E-state index is 12.4. The first-order valence-corrected chi connectivity index (χ1v) is 8.30. The average Bonchev–Trinajstić information content (AvgIpc) is 2.61. The molecule has 0 unspecified atom stereocenters. The topological polar surface area (TPSA) is 54.0 Å². The fourth-order valence-corrected chi connectivity index (χ4v) is 2.52. The molecule has 0 aliphatic heterocycles. The number of anilines is 2. The number of aromatic nitrogens is 1. The van der Waals surface area contributed by atoms with E-state index in [1.807, 2.05) is 55.5 Å². The molecule has 126 valence electrons. The predicted octanol–water partition coefficient (Wildman–Crippen LogP) is 4.91. The number of benzene rings is 2. The van der Waals surface area contributed by atoms with Crippen LogP contribution in [0.15, 0.2) is 66.9 Å². The summed E-state index contributed by atoms with van der Waals surface area (Å²) in [6.07, 6.45) is 1.62. The molecule has 1 amide bonds. The van der Waals surface area contributed by atoms with Crippen LogP contribution in [-0.4, -0.2) is 10.9 Å². The van der Waals surface area contributed by atoms with Gasteiger partial charge in [-0.25, -0.2) is 4.98 Å². The molecule has 5 heteroatoms. The summed E-state index contributed by atoms with van der Waals surface area (Å²) in [6, 6.07) is 18.7. The number of nitrogens with one attached hydrogen (secondary N) is 2. The molecule has 3 rings (SSSR count). The van der Waals surface area contributed by atoms with Gasteiger partial charge in [0.2, 0.25) is 0 Å².